The van der Waals surface area contributed by atoms with Crippen molar-refractivity contribution >= 4 is 27.4 Å². The molecule has 0 unspecified atom stereocenters. The molecule has 0 aliphatic rings. The number of aromatic amines is 1. The van der Waals surface area contributed by atoms with Gasteiger partial charge in [-0.25, -0.2) is 15.0 Å². The summed E-state index contributed by atoms with van der Waals surface area (Å²) in [5, 5.41) is 19.2. The molecule has 0 radical (unpaired) electrons. The third-order valence-electron chi connectivity index (χ3n) is 4.18. The molecule has 28 heavy (non-hydrogen) atoms. The molecule has 0 aliphatic carbocycles. The SMILES string of the molecule is CCOc1ccccc1-c1sc2c(N=NCc3nc[nH]c3C)ncnc2c1O. The van der Waals surface area contributed by atoms with E-state index >= 15 is 0 Å². The number of aromatic nitrogens is 4. The number of thiophene rings is 1. The predicted molar refractivity (Wildman–Crippen MR) is 107 cm³/mol. The Kier molecular flexibility index (Phi) is 4.98. The first-order valence-corrected chi connectivity index (χ1v) is 9.55. The fraction of sp³-hybridized carbons (Fsp3) is 0.211. The van der Waals surface area contributed by atoms with Crippen LogP contribution in [-0.4, -0.2) is 31.6 Å². The highest BCUT2D eigenvalue weighted by molar-refractivity contribution is 7.23. The van der Waals surface area contributed by atoms with E-state index in [0.29, 0.717) is 39.8 Å². The van der Waals surface area contributed by atoms with Gasteiger partial charge >= 0.3 is 0 Å². The van der Waals surface area contributed by atoms with Gasteiger partial charge < -0.3 is 14.8 Å². The summed E-state index contributed by atoms with van der Waals surface area (Å²) in [6.45, 7) is 4.74. The van der Waals surface area contributed by atoms with Crippen LogP contribution in [0.3, 0.4) is 0 Å². The molecule has 2 N–H and O–H groups in total. The standard InChI is InChI=1S/C19H18N6O2S/c1-3-27-14-7-5-4-6-12(14)17-16(26)15-18(28-17)19(23-10-22-15)25-24-8-13-11(2)20-9-21-13/h4-7,9-10,26H,3,8H2,1-2H3,(H,20,21). The van der Waals surface area contributed by atoms with Gasteiger partial charge in [0.15, 0.2) is 11.6 Å². The number of imidazole rings is 1. The minimum absolute atomic E-state index is 0.0918. The lowest BCUT2D eigenvalue weighted by Crippen LogP contribution is -1.92. The monoisotopic (exact) mass is 394 g/mol. The number of para-hydroxylation sites is 1. The van der Waals surface area contributed by atoms with Gasteiger partial charge in [0, 0.05) is 11.3 Å². The second kappa shape index (κ2) is 7.73. The third kappa shape index (κ3) is 3.31. The first kappa shape index (κ1) is 18.1. The molecule has 4 aromatic rings. The summed E-state index contributed by atoms with van der Waals surface area (Å²) in [7, 11) is 0. The van der Waals surface area contributed by atoms with Crippen LogP contribution in [-0.2, 0) is 6.54 Å². The summed E-state index contributed by atoms with van der Waals surface area (Å²) in [5.41, 5.74) is 3.04. The van der Waals surface area contributed by atoms with Gasteiger partial charge in [-0.15, -0.1) is 16.5 Å². The Morgan fingerprint density at radius 1 is 1.21 bits per heavy atom. The smallest absolute Gasteiger partial charge is 0.195 e. The minimum Gasteiger partial charge on any atom is -0.504 e. The predicted octanol–water partition coefficient (Wildman–Crippen LogP) is 4.78. The number of benzene rings is 1. The van der Waals surface area contributed by atoms with Gasteiger partial charge in [-0.3, -0.25) is 0 Å². The van der Waals surface area contributed by atoms with Crippen molar-refractivity contribution in [3.8, 4) is 21.9 Å². The van der Waals surface area contributed by atoms with Crippen molar-refractivity contribution in [1.29, 1.82) is 0 Å². The first-order valence-electron chi connectivity index (χ1n) is 8.74. The second-order valence-corrected chi connectivity index (χ2v) is 6.98. The normalized spacial score (nSPS) is 11.5. The molecule has 0 bridgehead atoms. The maximum absolute atomic E-state index is 10.8. The average Bonchev–Trinajstić information content (AvgIpc) is 3.27. The van der Waals surface area contributed by atoms with E-state index in [1.54, 1.807) is 6.33 Å². The molecule has 0 saturated carbocycles. The van der Waals surface area contributed by atoms with Crippen LogP contribution in [0.25, 0.3) is 20.7 Å². The third-order valence-corrected chi connectivity index (χ3v) is 5.38. The largest absolute Gasteiger partial charge is 0.504 e. The fourth-order valence-corrected chi connectivity index (χ4v) is 3.90. The van der Waals surface area contributed by atoms with Crippen molar-refractivity contribution in [3.05, 3.63) is 48.3 Å². The van der Waals surface area contributed by atoms with Crippen molar-refractivity contribution in [2.75, 3.05) is 6.61 Å². The van der Waals surface area contributed by atoms with Crippen LogP contribution in [0.2, 0.25) is 0 Å². The van der Waals surface area contributed by atoms with E-state index < -0.39 is 0 Å². The second-order valence-electron chi connectivity index (χ2n) is 5.96. The summed E-state index contributed by atoms with van der Waals surface area (Å²) in [6, 6.07) is 7.58. The number of H-pyrrole nitrogens is 1. The Balaban J connectivity index is 1.73. The highest BCUT2D eigenvalue weighted by atomic mass is 32.1. The van der Waals surface area contributed by atoms with Crippen LogP contribution >= 0.6 is 11.3 Å². The highest BCUT2D eigenvalue weighted by Crippen LogP contribution is 2.47. The lowest BCUT2D eigenvalue weighted by molar-refractivity contribution is 0.341. The van der Waals surface area contributed by atoms with E-state index in [2.05, 4.69) is 30.2 Å². The van der Waals surface area contributed by atoms with E-state index in [4.69, 9.17) is 4.74 Å². The van der Waals surface area contributed by atoms with Gasteiger partial charge in [0.25, 0.3) is 0 Å². The number of hydrogen-bond acceptors (Lipinski definition) is 8. The molecular formula is C19H18N6O2S. The number of azo groups is 1. The van der Waals surface area contributed by atoms with Gasteiger partial charge in [-0.05, 0) is 26.0 Å². The number of nitrogens with one attached hydrogen (secondary N) is 1. The maximum Gasteiger partial charge on any atom is 0.195 e. The fourth-order valence-electron chi connectivity index (χ4n) is 2.79. The number of fused-ring (bicyclic) bond motifs is 1. The number of ether oxygens (including phenoxy) is 1. The summed E-state index contributed by atoms with van der Waals surface area (Å²) >= 11 is 1.36. The first-order chi connectivity index (χ1) is 13.7. The molecular weight excluding hydrogens is 376 g/mol. The molecule has 3 heterocycles. The molecule has 0 saturated heterocycles. The van der Waals surface area contributed by atoms with Crippen molar-refractivity contribution in [1.82, 2.24) is 19.9 Å². The van der Waals surface area contributed by atoms with Crippen molar-refractivity contribution in [2.45, 2.75) is 20.4 Å². The van der Waals surface area contributed by atoms with Crippen molar-refractivity contribution in [3.63, 3.8) is 0 Å². The zero-order chi connectivity index (χ0) is 19.5. The number of nitrogens with zero attached hydrogens (tertiary/aromatic N) is 5. The van der Waals surface area contributed by atoms with E-state index in [0.717, 1.165) is 17.0 Å². The molecule has 1 aromatic carbocycles. The molecule has 3 aromatic heterocycles. The van der Waals surface area contributed by atoms with Gasteiger partial charge in [0.05, 0.1) is 23.5 Å². The van der Waals surface area contributed by atoms with E-state index in [9.17, 15) is 5.11 Å². The van der Waals surface area contributed by atoms with Crippen LogP contribution in [0.4, 0.5) is 5.82 Å². The molecule has 0 amide bonds. The summed E-state index contributed by atoms with van der Waals surface area (Å²) in [6.07, 6.45) is 3.00. The molecule has 0 atom stereocenters. The highest BCUT2D eigenvalue weighted by Gasteiger charge is 2.20. The lowest BCUT2D eigenvalue weighted by atomic mass is 10.1. The summed E-state index contributed by atoms with van der Waals surface area (Å²) in [5.74, 6) is 1.21. The van der Waals surface area contributed by atoms with E-state index in [-0.39, 0.29) is 5.75 Å². The van der Waals surface area contributed by atoms with Crippen LogP contribution in [0.1, 0.15) is 18.3 Å². The Hall–Kier alpha value is -3.33. The van der Waals surface area contributed by atoms with Crippen molar-refractivity contribution < 1.29 is 9.84 Å². The van der Waals surface area contributed by atoms with Crippen LogP contribution < -0.4 is 4.74 Å². The van der Waals surface area contributed by atoms with Crippen LogP contribution in [0, 0.1) is 6.92 Å². The quantitative estimate of drug-likeness (QED) is 0.458. The molecule has 0 spiro atoms. The van der Waals surface area contributed by atoms with Gasteiger partial charge in [0.1, 0.15) is 28.8 Å². The van der Waals surface area contributed by atoms with Gasteiger partial charge in [-0.1, -0.05) is 12.1 Å². The zero-order valence-electron chi connectivity index (χ0n) is 15.4. The van der Waals surface area contributed by atoms with E-state index in [1.807, 2.05) is 38.1 Å². The lowest BCUT2D eigenvalue weighted by Gasteiger charge is -2.08. The Labute approximate surface area is 165 Å². The molecule has 0 aliphatic heterocycles. The van der Waals surface area contributed by atoms with Gasteiger partial charge in [-0.2, -0.15) is 5.11 Å². The molecule has 4 rings (SSSR count). The Morgan fingerprint density at radius 2 is 2.07 bits per heavy atom. The van der Waals surface area contributed by atoms with Crippen LogP contribution in [0.15, 0.2) is 47.1 Å². The topological polar surface area (TPSA) is 109 Å². The number of aromatic hydroxyl groups is 1. The average molecular weight is 394 g/mol. The maximum atomic E-state index is 10.8. The van der Waals surface area contributed by atoms with Crippen LogP contribution in [0.5, 0.6) is 11.5 Å². The van der Waals surface area contributed by atoms with Gasteiger partial charge in [0.2, 0.25) is 0 Å². The Morgan fingerprint density at radius 3 is 2.86 bits per heavy atom. The number of aryl methyl sites for hydroxylation is 1. The summed E-state index contributed by atoms with van der Waals surface area (Å²) < 4.78 is 6.37. The molecule has 142 valence electrons. The molecule has 9 heteroatoms. The molecule has 0 fully saturated rings. The van der Waals surface area contributed by atoms with E-state index in [1.165, 1.54) is 17.7 Å². The van der Waals surface area contributed by atoms with Crippen molar-refractivity contribution in [2.24, 2.45) is 10.2 Å². The number of hydrogen-bond donors (Lipinski definition) is 2. The minimum atomic E-state index is 0.0918. The number of rotatable bonds is 6. The zero-order valence-corrected chi connectivity index (χ0v) is 16.2. The molecule has 8 nitrogen and oxygen atoms in total. The Bertz CT molecular complexity index is 1150. The summed E-state index contributed by atoms with van der Waals surface area (Å²) in [4.78, 5) is 16.3.